The molecule has 21 heteroatoms. The molecule has 0 aromatic rings. The first-order valence-corrected chi connectivity index (χ1v) is 11.8. The number of carboxylic acid groups (broad SMARTS) is 7. The Bertz CT molecular complexity index is 1010. The van der Waals surface area contributed by atoms with Gasteiger partial charge in [-0.05, 0) is 12.8 Å². The van der Waals surface area contributed by atoms with Gasteiger partial charge in [-0.3, -0.25) is 38.4 Å². The molecule has 0 spiro atoms. The van der Waals surface area contributed by atoms with Crippen molar-refractivity contribution >= 4 is 59.5 Å². The second-order valence-electron chi connectivity index (χ2n) is 8.25. The summed E-state index contributed by atoms with van der Waals surface area (Å²) < 4.78 is 0. The summed E-state index contributed by atoms with van der Waals surface area (Å²) in [4.78, 5) is 105. The van der Waals surface area contributed by atoms with E-state index in [-0.39, 0.29) is 19.3 Å². The van der Waals surface area contributed by atoms with Crippen LogP contribution in [0.3, 0.4) is 0 Å². The van der Waals surface area contributed by atoms with E-state index in [0.717, 1.165) is 13.8 Å². The Hall–Kier alpha value is -5.34. The fraction of sp³-hybridized carbons (Fsp3) is 0.545. The number of rotatable bonds is 17. The van der Waals surface area contributed by atoms with Crippen LogP contribution in [0, 0.1) is 0 Å². The molecule has 0 rings (SSSR count). The fourth-order valence-corrected chi connectivity index (χ4v) is 2.45. The molecule has 0 aliphatic rings. The third-order valence-corrected chi connectivity index (χ3v) is 4.37. The molecule has 0 saturated carbocycles. The maximum atomic E-state index is 11.8. The quantitative estimate of drug-likeness (QED) is 0.0753. The summed E-state index contributed by atoms with van der Waals surface area (Å²) in [7, 11) is 0. The molecule has 43 heavy (non-hydrogen) atoms. The molecule has 0 aliphatic carbocycles. The van der Waals surface area contributed by atoms with Crippen molar-refractivity contribution in [1.82, 2.24) is 16.0 Å². The summed E-state index contributed by atoms with van der Waals surface area (Å²) in [5.74, 6) is -11.1. The highest BCUT2D eigenvalue weighted by Crippen LogP contribution is 2.01. The van der Waals surface area contributed by atoms with Gasteiger partial charge >= 0.3 is 41.8 Å². The summed E-state index contributed by atoms with van der Waals surface area (Å²) in [5, 5.41) is 65.0. The van der Waals surface area contributed by atoms with Gasteiger partial charge in [0.15, 0.2) is 0 Å². The van der Waals surface area contributed by atoms with Crippen molar-refractivity contribution in [3.63, 3.8) is 0 Å². The van der Waals surface area contributed by atoms with Crippen molar-refractivity contribution in [3.05, 3.63) is 0 Å². The van der Waals surface area contributed by atoms with Crippen LogP contribution in [0.1, 0.15) is 52.4 Å². The van der Waals surface area contributed by atoms with Gasteiger partial charge in [-0.1, -0.05) is 0 Å². The molecule has 21 nitrogen and oxygen atoms in total. The normalized spacial score (nSPS) is 12.4. The van der Waals surface area contributed by atoms with E-state index in [1.54, 1.807) is 0 Å². The van der Waals surface area contributed by atoms with E-state index in [9.17, 15) is 47.9 Å². The maximum absolute atomic E-state index is 11.8. The molecule has 0 aliphatic heterocycles. The molecular formula is C22H34N4O17. The predicted molar refractivity (Wildman–Crippen MR) is 136 cm³/mol. The van der Waals surface area contributed by atoms with E-state index in [2.05, 4.69) is 5.32 Å². The Morgan fingerprint density at radius 1 is 0.512 bits per heavy atom. The number of hydrogen-bond donors (Lipinski definition) is 11. The van der Waals surface area contributed by atoms with Crippen LogP contribution >= 0.6 is 0 Å². The third-order valence-electron chi connectivity index (χ3n) is 4.37. The molecule has 3 amide bonds. The summed E-state index contributed by atoms with van der Waals surface area (Å²) >= 11 is 0. The second-order valence-corrected chi connectivity index (χ2v) is 8.25. The lowest BCUT2D eigenvalue weighted by atomic mass is 10.1. The van der Waals surface area contributed by atoms with E-state index >= 15 is 0 Å². The van der Waals surface area contributed by atoms with Crippen LogP contribution in [0.2, 0.25) is 0 Å². The number of carboxylic acids is 7. The van der Waals surface area contributed by atoms with Gasteiger partial charge in [0, 0.05) is 26.7 Å². The molecule has 12 N–H and O–H groups in total. The van der Waals surface area contributed by atoms with Gasteiger partial charge < -0.3 is 57.4 Å². The van der Waals surface area contributed by atoms with Crippen LogP contribution in [0.5, 0.6) is 0 Å². The van der Waals surface area contributed by atoms with Crippen LogP contribution in [0.25, 0.3) is 0 Å². The highest BCUT2D eigenvalue weighted by atomic mass is 16.4. The van der Waals surface area contributed by atoms with Crippen LogP contribution in [-0.4, -0.2) is 119 Å². The van der Waals surface area contributed by atoms with E-state index in [4.69, 9.17) is 41.5 Å². The lowest BCUT2D eigenvalue weighted by Gasteiger charge is -2.19. The smallest absolute Gasteiger partial charge is 0.326 e. The van der Waals surface area contributed by atoms with Crippen molar-refractivity contribution in [2.24, 2.45) is 5.73 Å². The molecule has 0 aromatic heterocycles. The SMILES string of the molecule is CC(=O)N[C@@H](CC(=O)O)C(=O)N[C@@H](CCC(=O)O)C(=O)O.CC(=O)N[C@@H](CC(=O)O)C(=O)O.N[C@@H](CCC(=O)O)C(=O)O. The van der Waals surface area contributed by atoms with E-state index in [0.29, 0.717) is 0 Å². The fourth-order valence-electron chi connectivity index (χ4n) is 2.45. The molecule has 0 radical (unpaired) electrons. The van der Waals surface area contributed by atoms with Crippen molar-refractivity contribution in [2.75, 3.05) is 0 Å². The Morgan fingerprint density at radius 3 is 1.21 bits per heavy atom. The molecule has 0 unspecified atom stereocenters. The van der Waals surface area contributed by atoms with Gasteiger partial charge in [0.05, 0.1) is 12.8 Å². The molecule has 244 valence electrons. The first-order chi connectivity index (χ1) is 19.6. The Balaban J connectivity index is -0.000000615. The van der Waals surface area contributed by atoms with Gasteiger partial charge in [0.1, 0.15) is 24.2 Å². The Kier molecular flexibility index (Phi) is 21.9. The lowest BCUT2D eigenvalue weighted by molar-refractivity contribution is -0.147. The number of carbonyl (C=O) groups is 10. The monoisotopic (exact) mass is 626 g/mol. The molecule has 0 heterocycles. The van der Waals surface area contributed by atoms with Crippen molar-refractivity contribution in [1.29, 1.82) is 0 Å². The zero-order valence-electron chi connectivity index (χ0n) is 22.8. The standard InChI is InChI=1S/C11H16N2O8.C6H9NO5.C5H9NO4/c1-5(14)12-7(4-9(17)18)10(19)13-6(11(20)21)2-3-8(15)16;1-3(8)7-4(6(11)12)2-5(9)10;6-3(5(9)10)1-2-4(7)8/h6-7H,2-4H2,1H3,(H,12,14)(H,13,19)(H,15,16)(H,17,18)(H,20,21);4H,2H2,1H3,(H,7,8)(H,9,10)(H,11,12);3H,1-2,6H2,(H,7,8)(H,9,10)/t6-,7-;4-;3-/m000/s1. The zero-order chi connectivity index (χ0) is 34.4. The second kappa shape index (κ2) is 22.4. The number of aliphatic carboxylic acids is 7. The number of nitrogens with one attached hydrogen (secondary N) is 3. The van der Waals surface area contributed by atoms with Crippen molar-refractivity contribution < 1.29 is 83.7 Å². The number of carbonyl (C=O) groups excluding carboxylic acids is 3. The molecule has 0 saturated heterocycles. The van der Waals surface area contributed by atoms with Crippen LogP contribution < -0.4 is 21.7 Å². The minimum absolute atomic E-state index is 0.0231. The van der Waals surface area contributed by atoms with Gasteiger partial charge in [-0.2, -0.15) is 0 Å². The van der Waals surface area contributed by atoms with Crippen LogP contribution in [-0.2, 0) is 47.9 Å². The predicted octanol–water partition coefficient (Wildman–Crippen LogP) is -3.29. The molecular weight excluding hydrogens is 592 g/mol. The van der Waals surface area contributed by atoms with E-state index in [1.807, 2.05) is 10.6 Å². The topological polar surface area (TPSA) is 374 Å². The Labute approximate surface area is 242 Å². The summed E-state index contributed by atoms with van der Waals surface area (Å²) in [5.41, 5.74) is 5.00. The number of nitrogens with two attached hydrogens (primary N) is 1. The first-order valence-electron chi connectivity index (χ1n) is 11.8. The number of hydrogen-bond acceptors (Lipinski definition) is 11. The lowest BCUT2D eigenvalue weighted by Crippen LogP contribution is -2.52. The van der Waals surface area contributed by atoms with Gasteiger partial charge in [-0.15, -0.1) is 0 Å². The number of amides is 3. The summed E-state index contributed by atoms with van der Waals surface area (Å²) in [6, 6.07) is -5.33. The largest absolute Gasteiger partial charge is 0.481 e. The highest BCUT2D eigenvalue weighted by molar-refractivity contribution is 5.92. The summed E-state index contributed by atoms with van der Waals surface area (Å²) in [6.45, 7) is 2.19. The highest BCUT2D eigenvalue weighted by Gasteiger charge is 2.28. The minimum Gasteiger partial charge on any atom is -0.481 e. The molecule has 0 fully saturated rings. The minimum atomic E-state index is -1.49. The van der Waals surface area contributed by atoms with E-state index < -0.39 is 103 Å². The van der Waals surface area contributed by atoms with Gasteiger partial charge in [-0.25, -0.2) is 9.59 Å². The summed E-state index contributed by atoms with van der Waals surface area (Å²) in [6.07, 6.45) is -2.42. The van der Waals surface area contributed by atoms with Gasteiger partial charge in [0.25, 0.3) is 0 Å². The first kappa shape index (κ1) is 42.1. The average molecular weight is 627 g/mol. The van der Waals surface area contributed by atoms with Crippen molar-refractivity contribution in [3.8, 4) is 0 Å². The maximum Gasteiger partial charge on any atom is 0.326 e. The Morgan fingerprint density at radius 2 is 0.884 bits per heavy atom. The third kappa shape index (κ3) is 26.6. The zero-order valence-corrected chi connectivity index (χ0v) is 22.8. The van der Waals surface area contributed by atoms with Crippen molar-refractivity contribution in [2.45, 2.75) is 76.5 Å². The molecule has 0 aromatic carbocycles. The van der Waals surface area contributed by atoms with Crippen LogP contribution in [0.15, 0.2) is 0 Å². The average Bonchev–Trinajstić information content (AvgIpc) is 2.83. The van der Waals surface area contributed by atoms with Crippen LogP contribution in [0.4, 0.5) is 0 Å². The van der Waals surface area contributed by atoms with E-state index in [1.165, 1.54) is 0 Å². The van der Waals surface area contributed by atoms with Gasteiger partial charge in [0.2, 0.25) is 17.7 Å². The molecule has 0 bridgehead atoms. The molecule has 4 atom stereocenters.